The van der Waals surface area contributed by atoms with Crippen LogP contribution in [0.25, 0.3) is 0 Å². The lowest BCUT2D eigenvalue weighted by Gasteiger charge is -2.32. The van der Waals surface area contributed by atoms with Crippen molar-refractivity contribution >= 4 is 23.2 Å². The van der Waals surface area contributed by atoms with Gasteiger partial charge in [0, 0.05) is 18.5 Å². The quantitative estimate of drug-likeness (QED) is 0.843. The number of aromatic nitrogens is 1. The number of hydrogen-bond donors (Lipinski definition) is 1. The zero-order chi connectivity index (χ0) is 18.5. The summed E-state index contributed by atoms with van der Waals surface area (Å²) in [5, 5.41) is 12.4. The molecule has 1 aliphatic rings. The molecule has 2 aromatic rings. The van der Waals surface area contributed by atoms with E-state index in [9.17, 15) is 14.7 Å². The molecule has 0 radical (unpaired) electrons. The third kappa shape index (κ3) is 4.49. The molecule has 1 N–H and O–H groups in total. The molecule has 138 valence electrons. The molecule has 26 heavy (non-hydrogen) atoms. The fourth-order valence-electron chi connectivity index (χ4n) is 3.46. The monoisotopic (exact) mass is 372 g/mol. The van der Waals surface area contributed by atoms with Crippen molar-refractivity contribution in [2.45, 2.75) is 39.0 Å². The van der Waals surface area contributed by atoms with Crippen molar-refractivity contribution in [3.63, 3.8) is 0 Å². The Morgan fingerprint density at radius 2 is 2.00 bits per heavy atom. The molecule has 0 aliphatic carbocycles. The summed E-state index contributed by atoms with van der Waals surface area (Å²) in [5.41, 5.74) is 2.15. The van der Waals surface area contributed by atoms with Gasteiger partial charge in [0.05, 0.1) is 22.7 Å². The Bertz CT molecular complexity index is 779. The number of aryl methyl sites for hydroxylation is 1. The van der Waals surface area contributed by atoms with E-state index in [4.69, 9.17) is 0 Å². The predicted octanol–water partition coefficient (Wildman–Crippen LogP) is 3.43. The van der Waals surface area contributed by atoms with Crippen LogP contribution in [0.3, 0.4) is 0 Å². The summed E-state index contributed by atoms with van der Waals surface area (Å²) in [6.45, 7) is 3.55. The van der Waals surface area contributed by atoms with Gasteiger partial charge >= 0.3 is 5.97 Å². The van der Waals surface area contributed by atoms with Crippen molar-refractivity contribution in [3.05, 3.63) is 51.5 Å². The minimum atomic E-state index is -0.872. The lowest BCUT2D eigenvalue weighted by molar-refractivity contribution is -0.131. The number of rotatable bonds is 6. The van der Waals surface area contributed by atoms with Crippen molar-refractivity contribution < 1.29 is 14.7 Å². The van der Waals surface area contributed by atoms with Crippen molar-refractivity contribution in [2.24, 2.45) is 5.92 Å². The van der Waals surface area contributed by atoms with Gasteiger partial charge in [-0.1, -0.05) is 25.1 Å². The molecule has 0 spiro atoms. The number of hydrogen-bond acceptors (Lipinski definition) is 4. The number of likely N-dealkylation sites (tertiary alicyclic amines) is 1. The topological polar surface area (TPSA) is 70.5 Å². The Kier molecular flexibility index (Phi) is 6.04. The number of carboxylic acids is 1. The Balaban J connectivity index is 1.52. The van der Waals surface area contributed by atoms with E-state index in [1.807, 2.05) is 22.4 Å². The van der Waals surface area contributed by atoms with Gasteiger partial charge in [-0.25, -0.2) is 9.78 Å². The normalized spacial score (nSPS) is 15.2. The number of nitrogens with zero attached hydrogens (tertiary/aromatic N) is 2. The number of amides is 1. The molecule has 1 amide bonds. The summed E-state index contributed by atoms with van der Waals surface area (Å²) < 4.78 is 0. The van der Waals surface area contributed by atoms with Gasteiger partial charge in [-0.2, -0.15) is 0 Å². The van der Waals surface area contributed by atoms with Crippen LogP contribution in [-0.2, 0) is 24.1 Å². The highest BCUT2D eigenvalue weighted by Gasteiger charge is 2.24. The Labute approximate surface area is 157 Å². The molecular formula is C20H24N2O3S. The average Bonchev–Trinajstić information content (AvgIpc) is 3.10. The Morgan fingerprint density at radius 1 is 1.27 bits per heavy atom. The van der Waals surface area contributed by atoms with Gasteiger partial charge in [-0.05, 0) is 43.2 Å². The van der Waals surface area contributed by atoms with Crippen LogP contribution < -0.4 is 0 Å². The largest absolute Gasteiger partial charge is 0.478 e. The fourth-order valence-corrected chi connectivity index (χ4v) is 4.21. The van der Waals surface area contributed by atoms with Crippen LogP contribution in [0.4, 0.5) is 0 Å². The average molecular weight is 372 g/mol. The van der Waals surface area contributed by atoms with Gasteiger partial charge in [0.25, 0.3) is 0 Å². The van der Waals surface area contributed by atoms with E-state index in [2.05, 4.69) is 11.9 Å². The van der Waals surface area contributed by atoms with Crippen LogP contribution in [-0.4, -0.2) is 40.0 Å². The first-order chi connectivity index (χ1) is 12.6. The minimum Gasteiger partial charge on any atom is -0.478 e. The molecule has 2 heterocycles. The molecule has 0 bridgehead atoms. The molecule has 0 unspecified atom stereocenters. The third-order valence-electron chi connectivity index (χ3n) is 4.96. The SMILES string of the molecule is CCc1nc(CC(=O)N2CCC(Cc3ccccc3C(=O)O)CC2)cs1. The third-order valence-corrected chi connectivity index (χ3v) is 6.00. The lowest BCUT2D eigenvalue weighted by atomic mass is 9.88. The van der Waals surface area contributed by atoms with Gasteiger partial charge in [0.1, 0.15) is 0 Å². The van der Waals surface area contributed by atoms with E-state index in [-0.39, 0.29) is 5.91 Å². The highest BCUT2D eigenvalue weighted by molar-refractivity contribution is 7.09. The zero-order valence-corrected chi connectivity index (χ0v) is 15.8. The van der Waals surface area contributed by atoms with E-state index in [0.717, 1.165) is 55.0 Å². The summed E-state index contributed by atoms with van der Waals surface area (Å²) in [5.74, 6) is -0.309. The van der Waals surface area contributed by atoms with Crippen LogP contribution in [0.15, 0.2) is 29.6 Å². The van der Waals surface area contributed by atoms with Crippen molar-refractivity contribution in [3.8, 4) is 0 Å². The van der Waals surface area contributed by atoms with Gasteiger partial charge in [-0.15, -0.1) is 11.3 Å². The van der Waals surface area contributed by atoms with Crippen molar-refractivity contribution in [1.82, 2.24) is 9.88 Å². The first kappa shape index (κ1) is 18.6. The maximum atomic E-state index is 12.5. The van der Waals surface area contributed by atoms with Gasteiger partial charge in [-0.3, -0.25) is 4.79 Å². The molecule has 0 saturated carbocycles. The van der Waals surface area contributed by atoms with Crippen molar-refractivity contribution in [1.29, 1.82) is 0 Å². The van der Waals surface area contributed by atoms with E-state index >= 15 is 0 Å². The van der Waals surface area contributed by atoms with E-state index in [0.29, 0.717) is 17.9 Å². The summed E-state index contributed by atoms with van der Waals surface area (Å²) in [6.07, 6.45) is 3.87. The second kappa shape index (κ2) is 8.45. The van der Waals surface area contributed by atoms with Gasteiger partial charge in [0.15, 0.2) is 0 Å². The van der Waals surface area contributed by atoms with Gasteiger partial charge in [0.2, 0.25) is 5.91 Å². The van der Waals surface area contributed by atoms with Crippen LogP contribution in [0, 0.1) is 5.92 Å². The second-order valence-electron chi connectivity index (χ2n) is 6.75. The van der Waals surface area contributed by atoms with E-state index < -0.39 is 5.97 Å². The number of piperidine rings is 1. The zero-order valence-electron chi connectivity index (χ0n) is 15.0. The number of aromatic carboxylic acids is 1. The Hall–Kier alpha value is -2.21. The number of benzene rings is 1. The molecule has 5 nitrogen and oxygen atoms in total. The summed E-state index contributed by atoms with van der Waals surface area (Å²) in [4.78, 5) is 30.2. The van der Waals surface area contributed by atoms with E-state index in [1.165, 1.54) is 0 Å². The summed E-state index contributed by atoms with van der Waals surface area (Å²) in [6, 6.07) is 7.21. The maximum absolute atomic E-state index is 12.5. The van der Waals surface area contributed by atoms with Crippen molar-refractivity contribution in [2.75, 3.05) is 13.1 Å². The molecule has 1 fully saturated rings. The minimum absolute atomic E-state index is 0.141. The number of carboxylic acid groups (broad SMARTS) is 1. The molecular weight excluding hydrogens is 348 g/mol. The number of carbonyl (C=O) groups excluding carboxylic acids is 1. The lowest BCUT2D eigenvalue weighted by Crippen LogP contribution is -2.39. The van der Waals surface area contributed by atoms with Crippen LogP contribution in [0.5, 0.6) is 0 Å². The summed E-state index contributed by atoms with van der Waals surface area (Å²) >= 11 is 1.61. The van der Waals surface area contributed by atoms with E-state index in [1.54, 1.807) is 23.5 Å². The predicted molar refractivity (Wildman–Crippen MR) is 102 cm³/mol. The smallest absolute Gasteiger partial charge is 0.335 e. The second-order valence-corrected chi connectivity index (χ2v) is 7.70. The highest BCUT2D eigenvalue weighted by Crippen LogP contribution is 2.24. The molecule has 6 heteroatoms. The number of carbonyl (C=O) groups is 2. The van der Waals surface area contributed by atoms with Crippen LogP contribution in [0.2, 0.25) is 0 Å². The van der Waals surface area contributed by atoms with Crippen LogP contribution in [0.1, 0.15) is 46.4 Å². The molecule has 0 atom stereocenters. The number of thiazole rings is 1. The fraction of sp³-hybridized carbons (Fsp3) is 0.450. The summed E-state index contributed by atoms with van der Waals surface area (Å²) in [7, 11) is 0. The Morgan fingerprint density at radius 3 is 2.65 bits per heavy atom. The maximum Gasteiger partial charge on any atom is 0.335 e. The molecule has 1 aromatic heterocycles. The highest BCUT2D eigenvalue weighted by atomic mass is 32.1. The standard InChI is InChI=1S/C20H24N2O3S/c1-2-18-21-16(13-26-18)12-19(23)22-9-7-14(8-10-22)11-15-5-3-4-6-17(15)20(24)25/h3-6,13-14H,2,7-12H2,1H3,(H,24,25). The molecule has 1 saturated heterocycles. The molecule has 3 rings (SSSR count). The van der Waals surface area contributed by atoms with Gasteiger partial charge < -0.3 is 10.0 Å². The van der Waals surface area contributed by atoms with Crippen LogP contribution >= 0.6 is 11.3 Å². The first-order valence-electron chi connectivity index (χ1n) is 9.09. The first-order valence-corrected chi connectivity index (χ1v) is 9.97. The molecule has 1 aliphatic heterocycles. The molecule has 1 aromatic carbocycles.